The number of hydrogen-bond donors (Lipinski definition) is 1. The number of rotatable bonds is 5. The molecular weight excluding hydrogens is 481 g/mol. The number of anilines is 2. The van der Waals surface area contributed by atoms with E-state index in [1.807, 2.05) is 58.9 Å². The Labute approximate surface area is 210 Å². The third kappa shape index (κ3) is 4.66. The molecule has 182 valence electrons. The fourth-order valence-corrected chi connectivity index (χ4v) is 5.36. The Balaban J connectivity index is 1.27. The Hall–Kier alpha value is -3.49. The molecular formula is C28H23F3N4S. The first-order valence-corrected chi connectivity index (χ1v) is 12.7. The quantitative estimate of drug-likeness (QED) is 0.267. The number of nitrogens with one attached hydrogen (secondary N) is 1. The van der Waals surface area contributed by atoms with Gasteiger partial charge in [0.1, 0.15) is 5.82 Å². The van der Waals surface area contributed by atoms with Crippen LogP contribution in [0.5, 0.6) is 0 Å². The van der Waals surface area contributed by atoms with Crippen molar-refractivity contribution in [3.8, 4) is 11.1 Å². The second kappa shape index (κ2) is 9.19. The van der Waals surface area contributed by atoms with E-state index in [2.05, 4.69) is 15.3 Å². The number of halogens is 3. The summed E-state index contributed by atoms with van der Waals surface area (Å²) < 4.78 is 43.2. The van der Waals surface area contributed by atoms with Crippen LogP contribution in [0.2, 0.25) is 0 Å². The number of hydrogen-bond acceptors (Lipinski definition) is 5. The van der Waals surface area contributed by atoms with Gasteiger partial charge < -0.3 is 5.32 Å². The van der Waals surface area contributed by atoms with Gasteiger partial charge in [-0.05, 0) is 53.6 Å². The minimum Gasteiger partial charge on any atom is -0.355 e. The molecule has 6 rings (SSSR count). The summed E-state index contributed by atoms with van der Waals surface area (Å²) in [5, 5.41) is 4.34. The van der Waals surface area contributed by atoms with Crippen molar-refractivity contribution in [2.45, 2.75) is 25.3 Å². The minimum absolute atomic E-state index is 0.146. The third-order valence-electron chi connectivity index (χ3n) is 6.69. The molecule has 0 unspecified atom stereocenters. The summed E-state index contributed by atoms with van der Waals surface area (Å²) in [6.45, 7) is 1.10. The van der Waals surface area contributed by atoms with Crippen LogP contribution in [0.15, 0.2) is 72.4 Å². The molecule has 2 aromatic heterocycles. The van der Waals surface area contributed by atoms with E-state index in [0.29, 0.717) is 25.2 Å². The van der Waals surface area contributed by atoms with Crippen LogP contribution in [-0.2, 0) is 6.54 Å². The first-order valence-electron chi connectivity index (χ1n) is 11.8. The fourth-order valence-electron chi connectivity index (χ4n) is 4.70. The maximum atomic E-state index is 15.2. The molecule has 5 aromatic rings. The second-order valence-electron chi connectivity index (χ2n) is 9.20. The Morgan fingerprint density at radius 2 is 1.78 bits per heavy atom. The smallest absolute Gasteiger partial charge is 0.250 e. The molecule has 0 spiro atoms. The number of pyridine rings is 1. The summed E-state index contributed by atoms with van der Waals surface area (Å²) in [5.74, 6) is -2.92. The second-order valence-corrected chi connectivity index (χ2v) is 10.1. The van der Waals surface area contributed by atoms with E-state index in [1.165, 1.54) is 6.07 Å². The number of fused-ring (bicyclic) bond motifs is 2. The van der Waals surface area contributed by atoms with Gasteiger partial charge in [-0.2, -0.15) is 0 Å². The fraction of sp³-hybridized carbons (Fsp3) is 0.214. The van der Waals surface area contributed by atoms with Crippen molar-refractivity contribution in [1.82, 2.24) is 14.9 Å². The number of aromatic nitrogens is 2. The zero-order valence-corrected chi connectivity index (χ0v) is 20.2. The van der Waals surface area contributed by atoms with Crippen molar-refractivity contribution >= 4 is 43.8 Å². The number of benzene rings is 3. The lowest BCUT2D eigenvalue weighted by Gasteiger charge is -2.31. The first kappa shape index (κ1) is 22.9. The highest BCUT2D eigenvalue weighted by atomic mass is 32.1. The van der Waals surface area contributed by atoms with Gasteiger partial charge in [0.2, 0.25) is 0 Å². The highest BCUT2D eigenvalue weighted by Gasteiger charge is 2.33. The predicted molar refractivity (Wildman–Crippen MR) is 139 cm³/mol. The molecule has 1 aliphatic rings. The van der Waals surface area contributed by atoms with Crippen LogP contribution in [0.4, 0.5) is 24.5 Å². The van der Waals surface area contributed by atoms with Crippen LogP contribution in [0.1, 0.15) is 18.4 Å². The lowest BCUT2D eigenvalue weighted by molar-refractivity contribution is -0.0566. The predicted octanol–water partition coefficient (Wildman–Crippen LogP) is 7.63. The standard InChI is InChI=1S/C28H23F3N4S/c29-23-13-18(16-35-11-8-28(30,31)9-12-35)1-4-21(23)19-2-5-24-22(14-19)25(7-10-32-24)34-20-3-6-27-26(15-20)33-17-36-27/h1-7,10,13-15,17H,8-9,11-12,16H2,(H,32,34). The van der Waals surface area contributed by atoms with Gasteiger partial charge in [-0.3, -0.25) is 9.88 Å². The van der Waals surface area contributed by atoms with E-state index in [4.69, 9.17) is 0 Å². The molecule has 0 aliphatic carbocycles. The maximum absolute atomic E-state index is 15.2. The van der Waals surface area contributed by atoms with Crippen LogP contribution in [0, 0.1) is 5.82 Å². The lowest BCUT2D eigenvalue weighted by atomic mass is 10.00. The average Bonchev–Trinajstić information content (AvgIpc) is 3.34. The van der Waals surface area contributed by atoms with E-state index in [-0.39, 0.29) is 18.7 Å². The van der Waals surface area contributed by atoms with Crippen molar-refractivity contribution in [3.05, 3.63) is 83.8 Å². The van der Waals surface area contributed by atoms with Gasteiger partial charge >= 0.3 is 0 Å². The zero-order chi connectivity index (χ0) is 24.7. The van der Waals surface area contributed by atoms with Crippen LogP contribution in [0.25, 0.3) is 32.2 Å². The highest BCUT2D eigenvalue weighted by Crippen LogP contribution is 2.33. The van der Waals surface area contributed by atoms with Gasteiger partial charge in [0, 0.05) is 61.0 Å². The molecule has 1 N–H and O–H groups in total. The molecule has 1 fully saturated rings. The summed E-state index contributed by atoms with van der Waals surface area (Å²) in [5.41, 5.74) is 7.37. The maximum Gasteiger partial charge on any atom is 0.250 e. The molecule has 0 saturated carbocycles. The topological polar surface area (TPSA) is 41.1 Å². The average molecular weight is 505 g/mol. The largest absolute Gasteiger partial charge is 0.355 e. The normalized spacial score (nSPS) is 16.0. The van der Waals surface area contributed by atoms with Crippen molar-refractivity contribution in [2.75, 3.05) is 18.4 Å². The molecule has 0 bridgehead atoms. The SMILES string of the molecule is Fc1cc(CN2CCC(F)(F)CC2)ccc1-c1ccc2nccc(Nc3ccc4scnc4c3)c2c1. The number of piperidine rings is 1. The Bertz CT molecular complexity index is 1560. The van der Waals surface area contributed by atoms with Crippen LogP contribution in [-0.4, -0.2) is 33.9 Å². The van der Waals surface area contributed by atoms with Crippen LogP contribution < -0.4 is 5.32 Å². The van der Waals surface area contributed by atoms with Crippen molar-refractivity contribution in [1.29, 1.82) is 0 Å². The summed E-state index contributed by atoms with van der Waals surface area (Å²) in [6.07, 6.45) is 1.46. The summed E-state index contributed by atoms with van der Waals surface area (Å²) >= 11 is 1.60. The van der Waals surface area contributed by atoms with E-state index in [0.717, 1.165) is 43.6 Å². The van der Waals surface area contributed by atoms with Gasteiger partial charge in [0.05, 0.1) is 21.2 Å². The Morgan fingerprint density at radius 3 is 2.61 bits per heavy atom. The molecule has 1 saturated heterocycles. The molecule has 36 heavy (non-hydrogen) atoms. The number of thiazole rings is 1. The number of nitrogens with zero attached hydrogens (tertiary/aromatic N) is 3. The van der Waals surface area contributed by atoms with Gasteiger partial charge in [-0.25, -0.2) is 18.2 Å². The molecule has 0 atom stereocenters. The van der Waals surface area contributed by atoms with E-state index >= 15 is 4.39 Å². The molecule has 3 aromatic carbocycles. The van der Waals surface area contributed by atoms with Crippen LogP contribution in [0.3, 0.4) is 0 Å². The summed E-state index contributed by atoms with van der Waals surface area (Å²) in [7, 11) is 0. The van der Waals surface area contributed by atoms with Gasteiger partial charge in [0.15, 0.2) is 0 Å². The van der Waals surface area contributed by atoms with Crippen molar-refractivity contribution < 1.29 is 13.2 Å². The van der Waals surface area contributed by atoms with E-state index < -0.39 is 5.92 Å². The highest BCUT2D eigenvalue weighted by molar-refractivity contribution is 7.16. The number of alkyl halides is 2. The van der Waals surface area contributed by atoms with Crippen molar-refractivity contribution in [3.63, 3.8) is 0 Å². The molecule has 1 aliphatic heterocycles. The van der Waals surface area contributed by atoms with Gasteiger partial charge in [-0.15, -0.1) is 11.3 Å². The first-order chi connectivity index (χ1) is 17.4. The minimum atomic E-state index is -2.59. The van der Waals surface area contributed by atoms with Crippen molar-refractivity contribution in [2.24, 2.45) is 0 Å². The molecule has 8 heteroatoms. The van der Waals surface area contributed by atoms with E-state index in [9.17, 15) is 8.78 Å². The zero-order valence-electron chi connectivity index (χ0n) is 19.3. The van der Waals surface area contributed by atoms with Gasteiger partial charge in [-0.1, -0.05) is 18.2 Å². The molecule has 3 heterocycles. The van der Waals surface area contributed by atoms with Gasteiger partial charge in [0.25, 0.3) is 5.92 Å². The lowest BCUT2D eigenvalue weighted by Crippen LogP contribution is -2.38. The van der Waals surface area contributed by atoms with E-state index in [1.54, 1.807) is 23.6 Å². The Kier molecular flexibility index (Phi) is 5.85. The third-order valence-corrected chi connectivity index (χ3v) is 7.50. The number of likely N-dealkylation sites (tertiary alicyclic amines) is 1. The summed E-state index contributed by atoms with van der Waals surface area (Å²) in [4.78, 5) is 10.8. The molecule has 0 radical (unpaired) electrons. The molecule has 4 nitrogen and oxygen atoms in total. The Morgan fingerprint density at radius 1 is 0.917 bits per heavy atom. The molecule has 0 amide bonds. The van der Waals surface area contributed by atoms with Crippen LogP contribution >= 0.6 is 11.3 Å². The monoisotopic (exact) mass is 504 g/mol. The summed E-state index contributed by atoms with van der Waals surface area (Å²) in [6, 6.07) is 18.8.